The molecule has 4 heteroatoms. The van der Waals surface area contributed by atoms with Crippen molar-refractivity contribution in [2.75, 3.05) is 13.1 Å². The van der Waals surface area contributed by atoms with Crippen molar-refractivity contribution >= 4 is 5.91 Å². The second kappa shape index (κ2) is 8.14. The molecule has 122 valence electrons. The first-order chi connectivity index (χ1) is 10.1. The Morgan fingerprint density at radius 1 is 1.24 bits per heavy atom. The molecule has 0 bridgehead atoms. The summed E-state index contributed by atoms with van der Waals surface area (Å²) in [7, 11) is 0. The molecular weight excluding hydrogens is 264 g/mol. The largest absolute Gasteiger partial charge is 0.392 e. The van der Waals surface area contributed by atoms with E-state index in [9.17, 15) is 9.90 Å². The topological polar surface area (TPSA) is 52.6 Å². The molecule has 0 aromatic rings. The summed E-state index contributed by atoms with van der Waals surface area (Å²) < 4.78 is 0. The number of nitrogens with one attached hydrogen (secondary N) is 1. The Morgan fingerprint density at radius 2 is 1.95 bits per heavy atom. The third kappa shape index (κ3) is 4.68. The van der Waals surface area contributed by atoms with Crippen LogP contribution in [0.5, 0.6) is 0 Å². The van der Waals surface area contributed by atoms with Crippen LogP contribution in [0.3, 0.4) is 0 Å². The fourth-order valence-corrected chi connectivity index (χ4v) is 3.89. The molecule has 1 heterocycles. The monoisotopic (exact) mass is 296 g/mol. The maximum atomic E-state index is 12.3. The van der Waals surface area contributed by atoms with E-state index in [0.717, 1.165) is 32.2 Å². The summed E-state index contributed by atoms with van der Waals surface area (Å²) in [5.74, 6) is 0.741. The van der Waals surface area contributed by atoms with Crippen LogP contribution in [0, 0.1) is 5.92 Å². The lowest BCUT2D eigenvalue weighted by Crippen LogP contribution is -2.52. The lowest BCUT2D eigenvalue weighted by molar-refractivity contribution is -0.125. The molecule has 1 saturated carbocycles. The number of aliphatic hydroxyl groups is 1. The van der Waals surface area contributed by atoms with Gasteiger partial charge >= 0.3 is 0 Å². The Bertz CT molecular complexity index is 335. The lowest BCUT2D eigenvalue weighted by Gasteiger charge is -2.38. The minimum absolute atomic E-state index is 0.143. The first-order valence-corrected chi connectivity index (χ1v) is 8.83. The van der Waals surface area contributed by atoms with Crippen molar-refractivity contribution in [1.82, 2.24) is 10.2 Å². The predicted molar refractivity (Wildman–Crippen MR) is 85.1 cm³/mol. The van der Waals surface area contributed by atoms with Gasteiger partial charge in [-0.25, -0.2) is 0 Å². The summed E-state index contributed by atoms with van der Waals surface area (Å²) in [6.45, 7) is 5.65. The molecule has 4 atom stereocenters. The van der Waals surface area contributed by atoms with Gasteiger partial charge in [0.05, 0.1) is 12.6 Å². The third-order valence-electron chi connectivity index (χ3n) is 5.33. The number of rotatable bonds is 5. The van der Waals surface area contributed by atoms with Crippen molar-refractivity contribution < 1.29 is 9.90 Å². The van der Waals surface area contributed by atoms with Crippen molar-refractivity contribution in [3.8, 4) is 0 Å². The van der Waals surface area contributed by atoms with E-state index >= 15 is 0 Å². The maximum absolute atomic E-state index is 12.3. The van der Waals surface area contributed by atoms with Crippen LogP contribution in [0.1, 0.15) is 65.2 Å². The zero-order valence-electron chi connectivity index (χ0n) is 13.7. The van der Waals surface area contributed by atoms with E-state index in [1.165, 1.54) is 25.7 Å². The normalized spacial score (nSPS) is 32.6. The van der Waals surface area contributed by atoms with Crippen molar-refractivity contribution in [3.05, 3.63) is 0 Å². The van der Waals surface area contributed by atoms with Crippen molar-refractivity contribution in [1.29, 1.82) is 0 Å². The van der Waals surface area contributed by atoms with E-state index in [1.54, 1.807) is 0 Å². The summed E-state index contributed by atoms with van der Waals surface area (Å²) in [5, 5.41) is 13.4. The molecule has 1 aliphatic heterocycles. The van der Waals surface area contributed by atoms with Gasteiger partial charge in [-0.1, -0.05) is 33.1 Å². The number of likely N-dealkylation sites (tertiary alicyclic amines) is 1. The van der Waals surface area contributed by atoms with Crippen LogP contribution < -0.4 is 5.32 Å². The van der Waals surface area contributed by atoms with Crippen LogP contribution in [-0.2, 0) is 4.79 Å². The van der Waals surface area contributed by atoms with E-state index in [2.05, 4.69) is 17.1 Å². The molecule has 2 aliphatic rings. The lowest BCUT2D eigenvalue weighted by atomic mass is 9.86. The van der Waals surface area contributed by atoms with E-state index in [0.29, 0.717) is 18.5 Å². The van der Waals surface area contributed by atoms with Gasteiger partial charge in [-0.05, 0) is 44.6 Å². The summed E-state index contributed by atoms with van der Waals surface area (Å²) in [4.78, 5) is 14.5. The Labute approximate surface area is 129 Å². The molecule has 0 aromatic carbocycles. The number of carbonyl (C=O) groups excluding carboxylic acids is 1. The maximum Gasteiger partial charge on any atom is 0.234 e. The molecular formula is C17H32N2O2. The Morgan fingerprint density at radius 3 is 2.67 bits per heavy atom. The molecule has 1 saturated heterocycles. The van der Waals surface area contributed by atoms with Crippen molar-refractivity contribution in [3.63, 3.8) is 0 Å². The quantitative estimate of drug-likeness (QED) is 0.818. The number of amides is 1. The Kier molecular flexibility index (Phi) is 6.49. The SMILES string of the molecule is CCC(O)C1CCCCN1CC(=O)NC1CCCCC1C. The van der Waals surface area contributed by atoms with Crippen molar-refractivity contribution in [2.24, 2.45) is 5.92 Å². The van der Waals surface area contributed by atoms with Crippen LogP contribution in [0.2, 0.25) is 0 Å². The van der Waals surface area contributed by atoms with Crippen LogP contribution in [-0.4, -0.2) is 47.2 Å². The first kappa shape index (κ1) is 16.8. The summed E-state index contributed by atoms with van der Waals surface area (Å²) >= 11 is 0. The highest BCUT2D eigenvalue weighted by atomic mass is 16.3. The van der Waals surface area contributed by atoms with Gasteiger partial charge < -0.3 is 10.4 Å². The first-order valence-electron chi connectivity index (χ1n) is 8.83. The van der Waals surface area contributed by atoms with Crippen LogP contribution >= 0.6 is 0 Å². The van der Waals surface area contributed by atoms with Gasteiger partial charge in [0.25, 0.3) is 0 Å². The molecule has 4 nitrogen and oxygen atoms in total. The molecule has 21 heavy (non-hydrogen) atoms. The molecule has 2 rings (SSSR count). The number of carbonyl (C=O) groups is 1. The van der Waals surface area contributed by atoms with Crippen LogP contribution in [0.4, 0.5) is 0 Å². The van der Waals surface area contributed by atoms with Crippen LogP contribution in [0.15, 0.2) is 0 Å². The summed E-state index contributed by atoms with van der Waals surface area (Å²) in [6, 6.07) is 0.517. The molecule has 2 fully saturated rings. The minimum atomic E-state index is -0.299. The van der Waals surface area contributed by atoms with Gasteiger partial charge in [-0.3, -0.25) is 9.69 Å². The Hall–Kier alpha value is -0.610. The smallest absolute Gasteiger partial charge is 0.234 e. The number of hydrogen-bond donors (Lipinski definition) is 2. The standard InChI is InChI=1S/C17H32N2O2/c1-3-16(20)15-10-6-7-11-19(15)12-17(21)18-14-9-5-4-8-13(14)2/h13-16,20H,3-12H2,1-2H3,(H,18,21). The average Bonchev–Trinajstić information content (AvgIpc) is 2.49. The molecule has 1 aliphatic carbocycles. The molecule has 0 aromatic heterocycles. The predicted octanol–water partition coefficient (Wildman–Crippen LogP) is 2.31. The fourth-order valence-electron chi connectivity index (χ4n) is 3.89. The summed E-state index contributed by atoms with van der Waals surface area (Å²) in [6.07, 6.45) is 8.66. The fraction of sp³-hybridized carbons (Fsp3) is 0.941. The highest BCUT2D eigenvalue weighted by Gasteiger charge is 2.30. The Balaban J connectivity index is 1.84. The van der Waals surface area contributed by atoms with Gasteiger partial charge in [0.1, 0.15) is 0 Å². The number of aliphatic hydroxyl groups excluding tert-OH is 1. The third-order valence-corrected chi connectivity index (χ3v) is 5.33. The van der Waals surface area contributed by atoms with E-state index in [1.807, 2.05) is 6.92 Å². The average molecular weight is 296 g/mol. The highest BCUT2D eigenvalue weighted by molar-refractivity contribution is 5.78. The van der Waals surface area contributed by atoms with Crippen molar-refractivity contribution in [2.45, 2.75) is 83.4 Å². The molecule has 0 radical (unpaired) electrons. The molecule has 0 spiro atoms. The minimum Gasteiger partial charge on any atom is -0.392 e. The second-order valence-corrected chi connectivity index (χ2v) is 6.94. The van der Waals surface area contributed by atoms with Crippen LogP contribution in [0.25, 0.3) is 0 Å². The number of nitrogens with zero attached hydrogens (tertiary/aromatic N) is 1. The van der Waals surface area contributed by atoms with E-state index in [-0.39, 0.29) is 18.1 Å². The second-order valence-electron chi connectivity index (χ2n) is 6.94. The number of hydrogen-bond acceptors (Lipinski definition) is 3. The zero-order valence-corrected chi connectivity index (χ0v) is 13.7. The van der Waals surface area contributed by atoms with Gasteiger partial charge in [0.15, 0.2) is 0 Å². The molecule has 4 unspecified atom stereocenters. The van der Waals surface area contributed by atoms with Gasteiger partial charge in [-0.15, -0.1) is 0 Å². The van der Waals surface area contributed by atoms with Gasteiger partial charge in [-0.2, -0.15) is 0 Å². The highest BCUT2D eigenvalue weighted by Crippen LogP contribution is 2.24. The molecule has 2 N–H and O–H groups in total. The zero-order chi connectivity index (χ0) is 15.2. The molecule has 1 amide bonds. The van der Waals surface area contributed by atoms with Gasteiger partial charge in [0, 0.05) is 12.1 Å². The van der Waals surface area contributed by atoms with Gasteiger partial charge in [0.2, 0.25) is 5.91 Å². The number of piperidine rings is 1. The van der Waals surface area contributed by atoms with E-state index in [4.69, 9.17) is 0 Å². The van der Waals surface area contributed by atoms with E-state index < -0.39 is 0 Å². The summed E-state index contributed by atoms with van der Waals surface area (Å²) in [5.41, 5.74) is 0.